The van der Waals surface area contributed by atoms with Crippen LogP contribution in [0.15, 0.2) is 31.0 Å². The highest BCUT2D eigenvalue weighted by Gasteiger charge is 2.15. The molecule has 0 saturated carbocycles. The lowest BCUT2D eigenvalue weighted by atomic mass is 10.2. The third kappa shape index (κ3) is 3.51. The zero-order chi connectivity index (χ0) is 13.8. The van der Waals surface area contributed by atoms with E-state index in [1.165, 1.54) is 0 Å². The van der Waals surface area contributed by atoms with E-state index >= 15 is 0 Å². The maximum atomic E-state index is 13.0. The van der Waals surface area contributed by atoms with E-state index in [4.69, 9.17) is 11.6 Å². The number of rotatable bonds is 4. The number of pyridine rings is 1. The van der Waals surface area contributed by atoms with Crippen LogP contribution < -0.4 is 5.32 Å². The summed E-state index contributed by atoms with van der Waals surface area (Å²) in [5.74, 6) is -1.05. The van der Waals surface area contributed by atoms with Crippen molar-refractivity contribution in [2.75, 3.05) is 0 Å². The number of aromatic nitrogens is 3. The SMILES string of the molecule is CC(Cn1ccnc1)NC(=O)c1cc(F)cnc1Cl. The molecule has 2 aromatic heterocycles. The second kappa shape index (κ2) is 5.79. The quantitative estimate of drug-likeness (QED) is 0.871. The van der Waals surface area contributed by atoms with E-state index in [1.807, 2.05) is 11.5 Å². The Morgan fingerprint density at radius 1 is 1.63 bits per heavy atom. The first kappa shape index (κ1) is 13.5. The van der Waals surface area contributed by atoms with Crippen molar-refractivity contribution in [2.24, 2.45) is 0 Å². The monoisotopic (exact) mass is 282 g/mol. The van der Waals surface area contributed by atoms with Crippen molar-refractivity contribution in [3.63, 3.8) is 0 Å². The number of carbonyl (C=O) groups is 1. The molecular formula is C12H12ClFN4O. The minimum absolute atomic E-state index is 0.0197. The highest BCUT2D eigenvalue weighted by Crippen LogP contribution is 2.13. The number of nitrogens with zero attached hydrogens (tertiary/aromatic N) is 3. The molecule has 1 amide bonds. The van der Waals surface area contributed by atoms with Crippen LogP contribution in [0.4, 0.5) is 4.39 Å². The summed E-state index contributed by atoms with van der Waals surface area (Å²) in [5.41, 5.74) is 0.0270. The highest BCUT2D eigenvalue weighted by atomic mass is 35.5. The summed E-state index contributed by atoms with van der Waals surface area (Å²) in [6.45, 7) is 2.39. The lowest BCUT2D eigenvalue weighted by Gasteiger charge is -2.14. The van der Waals surface area contributed by atoms with E-state index < -0.39 is 11.7 Å². The molecule has 5 nitrogen and oxygen atoms in total. The molecule has 1 unspecified atom stereocenters. The molecule has 1 atom stereocenters. The van der Waals surface area contributed by atoms with Crippen molar-refractivity contribution in [2.45, 2.75) is 19.5 Å². The molecule has 0 saturated heterocycles. The van der Waals surface area contributed by atoms with E-state index in [2.05, 4.69) is 15.3 Å². The summed E-state index contributed by atoms with van der Waals surface area (Å²) in [6, 6.07) is 0.912. The molecule has 2 heterocycles. The van der Waals surface area contributed by atoms with Gasteiger partial charge in [0.1, 0.15) is 11.0 Å². The Kier molecular flexibility index (Phi) is 4.11. The lowest BCUT2D eigenvalue weighted by Crippen LogP contribution is -2.35. The maximum absolute atomic E-state index is 13.0. The van der Waals surface area contributed by atoms with Crippen LogP contribution in [0.2, 0.25) is 5.15 Å². The van der Waals surface area contributed by atoms with Crippen LogP contribution in [0.5, 0.6) is 0 Å². The smallest absolute Gasteiger partial charge is 0.254 e. The van der Waals surface area contributed by atoms with Crippen molar-refractivity contribution < 1.29 is 9.18 Å². The first-order valence-corrected chi connectivity index (χ1v) is 6.01. The van der Waals surface area contributed by atoms with Crippen LogP contribution >= 0.6 is 11.6 Å². The second-order valence-electron chi connectivity index (χ2n) is 4.13. The van der Waals surface area contributed by atoms with Gasteiger partial charge in [-0.1, -0.05) is 11.6 Å². The molecule has 0 bridgehead atoms. The van der Waals surface area contributed by atoms with E-state index in [-0.39, 0.29) is 16.8 Å². The van der Waals surface area contributed by atoms with Crippen LogP contribution in [-0.2, 0) is 6.54 Å². The normalized spacial score (nSPS) is 12.2. The maximum Gasteiger partial charge on any atom is 0.254 e. The molecule has 0 aliphatic heterocycles. The van der Waals surface area contributed by atoms with Crippen molar-refractivity contribution in [3.8, 4) is 0 Å². The van der Waals surface area contributed by atoms with Gasteiger partial charge in [-0.05, 0) is 13.0 Å². The van der Waals surface area contributed by atoms with Crippen LogP contribution in [0.3, 0.4) is 0 Å². The molecule has 0 radical (unpaired) electrons. The predicted molar refractivity (Wildman–Crippen MR) is 68.4 cm³/mol. The first-order valence-electron chi connectivity index (χ1n) is 5.64. The van der Waals surface area contributed by atoms with Gasteiger partial charge >= 0.3 is 0 Å². The average molecular weight is 283 g/mol. The standard InChI is InChI=1S/C12H12ClFN4O/c1-8(6-18-3-2-15-7-18)17-12(19)10-4-9(14)5-16-11(10)13/h2-5,7-8H,6H2,1H3,(H,17,19). The second-order valence-corrected chi connectivity index (χ2v) is 4.48. The summed E-state index contributed by atoms with van der Waals surface area (Å²) in [6.07, 6.45) is 6.06. The van der Waals surface area contributed by atoms with E-state index in [9.17, 15) is 9.18 Å². The number of imidazole rings is 1. The molecule has 7 heteroatoms. The fourth-order valence-corrected chi connectivity index (χ4v) is 1.83. The summed E-state index contributed by atoms with van der Waals surface area (Å²) in [5, 5.41) is 2.70. The van der Waals surface area contributed by atoms with Crippen LogP contribution in [0, 0.1) is 5.82 Å². The Morgan fingerprint density at radius 3 is 3.11 bits per heavy atom. The van der Waals surface area contributed by atoms with Crippen LogP contribution in [-0.4, -0.2) is 26.5 Å². The van der Waals surface area contributed by atoms with Gasteiger partial charge in [0, 0.05) is 25.0 Å². The Morgan fingerprint density at radius 2 is 2.42 bits per heavy atom. The number of carbonyl (C=O) groups excluding carboxylic acids is 1. The molecule has 1 N–H and O–H groups in total. The van der Waals surface area contributed by atoms with E-state index in [0.717, 1.165) is 12.3 Å². The van der Waals surface area contributed by atoms with Gasteiger partial charge in [-0.15, -0.1) is 0 Å². The van der Waals surface area contributed by atoms with Gasteiger partial charge in [-0.25, -0.2) is 14.4 Å². The van der Waals surface area contributed by atoms with Crippen LogP contribution in [0.25, 0.3) is 0 Å². The third-order valence-corrected chi connectivity index (χ3v) is 2.77. The summed E-state index contributed by atoms with van der Waals surface area (Å²) in [4.78, 5) is 19.4. The minimum atomic E-state index is -0.600. The minimum Gasteiger partial charge on any atom is -0.348 e. The lowest BCUT2D eigenvalue weighted by molar-refractivity contribution is 0.0936. The number of nitrogens with one attached hydrogen (secondary N) is 1. The predicted octanol–water partition coefficient (Wildman–Crippen LogP) is 1.89. The molecule has 19 heavy (non-hydrogen) atoms. The number of hydrogen-bond donors (Lipinski definition) is 1. The van der Waals surface area contributed by atoms with Crippen molar-refractivity contribution in [1.29, 1.82) is 0 Å². The molecule has 0 aliphatic rings. The number of hydrogen-bond acceptors (Lipinski definition) is 3. The van der Waals surface area contributed by atoms with Gasteiger partial charge in [0.15, 0.2) is 0 Å². The molecule has 0 aromatic carbocycles. The molecular weight excluding hydrogens is 271 g/mol. The molecule has 0 spiro atoms. The average Bonchev–Trinajstić information content (AvgIpc) is 2.84. The molecule has 2 rings (SSSR count). The van der Waals surface area contributed by atoms with Crippen LogP contribution in [0.1, 0.15) is 17.3 Å². The Labute approximate surface area is 114 Å². The fraction of sp³-hybridized carbons (Fsp3) is 0.250. The summed E-state index contributed by atoms with van der Waals surface area (Å²) >= 11 is 5.76. The zero-order valence-corrected chi connectivity index (χ0v) is 10.9. The van der Waals surface area contributed by atoms with Gasteiger partial charge in [0.25, 0.3) is 5.91 Å². The Hall–Kier alpha value is -1.95. The van der Waals surface area contributed by atoms with Gasteiger partial charge in [0.2, 0.25) is 0 Å². The summed E-state index contributed by atoms with van der Waals surface area (Å²) < 4.78 is 14.9. The first-order chi connectivity index (χ1) is 9.06. The van der Waals surface area contributed by atoms with E-state index in [1.54, 1.807) is 18.7 Å². The van der Waals surface area contributed by atoms with E-state index in [0.29, 0.717) is 6.54 Å². The Balaban J connectivity index is 2.02. The summed E-state index contributed by atoms with van der Waals surface area (Å²) in [7, 11) is 0. The van der Waals surface area contributed by atoms with Gasteiger partial charge in [-0.3, -0.25) is 4.79 Å². The number of halogens is 2. The highest BCUT2D eigenvalue weighted by molar-refractivity contribution is 6.32. The molecule has 2 aromatic rings. The Bertz CT molecular complexity index is 573. The van der Waals surface area contributed by atoms with Crippen molar-refractivity contribution >= 4 is 17.5 Å². The van der Waals surface area contributed by atoms with Gasteiger partial charge < -0.3 is 9.88 Å². The molecule has 0 fully saturated rings. The number of amides is 1. The van der Waals surface area contributed by atoms with Gasteiger partial charge in [0.05, 0.1) is 18.1 Å². The largest absolute Gasteiger partial charge is 0.348 e. The topological polar surface area (TPSA) is 59.8 Å². The third-order valence-electron chi connectivity index (χ3n) is 2.47. The fourth-order valence-electron chi connectivity index (χ4n) is 1.64. The zero-order valence-electron chi connectivity index (χ0n) is 10.2. The van der Waals surface area contributed by atoms with Crippen molar-refractivity contribution in [1.82, 2.24) is 19.9 Å². The van der Waals surface area contributed by atoms with Crippen molar-refractivity contribution in [3.05, 3.63) is 47.5 Å². The van der Waals surface area contributed by atoms with Gasteiger partial charge in [-0.2, -0.15) is 0 Å². The molecule has 0 aliphatic carbocycles. The molecule has 100 valence electrons.